The fourth-order valence-electron chi connectivity index (χ4n) is 7.79. The van der Waals surface area contributed by atoms with Gasteiger partial charge in [-0.3, -0.25) is 4.79 Å². The van der Waals surface area contributed by atoms with Crippen molar-refractivity contribution in [2.75, 3.05) is 6.54 Å². The highest BCUT2D eigenvalue weighted by atomic mass is 16.2. The van der Waals surface area contributed by atoms with Gasteiger partial charge >= 0.3 is 6.03 Å². The van der Waals surface area contributed by atoms with Gasteiger partial charge in [-0.2, -0.15) is 0 Å². The topological polar surface area (TPSA) is 86.0 Å². The summed E-state index contributed by atoms with van der Waals surface area (Å²) in [4.78, 5) is 30.5. The molecule has 2 aromatic carbocycles. The molecule has 4 fully saturated rings. The van der Waals surface area contributed by atoms with Gasteiger partial charge in [0.05, 0.1) is 0 Å². The van der Waals surface area contributed by atoms with Crippen molar-refractivity contribution in [3.05, 3.63) is 71.9 Å². The zero-order valence-corrected chi connectivity index (χ0v) is 21.7. The number of amides is 3. The highest BCUT2D eigenvalue weighted by Gasteiger charge is 2.52. The van der Waals surface area contributed by atoms with Crippen molar-refractivity contribution < 1.29 is 9.59 Å². The van der Waals surface area contributed by atoms with Crippen LogP contribution in [0.3, 0.4) is 0 Å². The van der Waals surface area contributed by atoms with E-state index in [1.165, 1.54) is 24.8 Å². The van der Waals surface area contributed by atoms with Crippen LogP contribution in [0.25, 0.3) is 10.9 Å². The maximum Gasteiger partial charge on any atom is 0.316 e. The number of carbonyl (C=O) groups excluding carboxylic acids is 2. The number of aromatic amines is 1. The third kappa shape index (κ3) is 4.98. The van der Waals surface area contributed by atoms with Crippen LogP contribution in [-0.4, -0.2) is 34.5 Å². The van der Waals surface area contributed by atoms with Gasteiger partial charge in [0.15, 0.2) is 0 Å². The van der Waals surface area contributed by atoms with Crippen LogP contribution in [-0.2, 0) is 17.6 Å². The Morgan fingerprint density at radius 1 is 0.946 bits per heavy atom. The number of urea groups is 1. The molecule has 0 aliphatic heterocycles. The second-order valence-corrected chi connectivity index (χ2v) is 12.1. The summed E-state index contributed by atoms with van der Waals surface area (Å²) in [5.41, 5.74) is 2.03. The molecular weight excluding hydrogens is 460 g/mol. The van der Waals surface area contributed by atoms with E-state index < -0.39 is 5.54 Å². The summed E-state index contributed by atoms with van der Waals surface area (Å²) in [6.45, 7) is 2.37. The van der Waals surface area contributed by atoms with E-state index in [1.54, 1.807) is 0 Å². The summed E-state index contributed by atoms with van der Waals surface area (Å²) in [5, 5.41) is 10.7. The Kier molecular flexibility index (Phi) is 6.21. The van der Waals surface area contributed by atoms with Crippen molar-refractivity contribution in [3.63, 3.8) is 0 Å². The zero-order valence-electron chi connectivity index (χ0n) is 21.7. The maximum absolute atomic E-state index is 13.7. The molecule has 3 aromatic rings. The molecule has 0 radical (unpaired) electrons. The highest BCUT2D eigenvalue weighted by Crippen LogP contribution is 2.55. The van der Waals surface area contributed by atoms with Crippen LogP contribution in [0, 0.1) is 17.8 Å². The van der Waals surface area contributed by atoms with Crippen LogP contribution < -0.4 is 16.0 Å². The normalized spacial score (nSPS) is 27.5. The van der Waals surface area contributed by atoms with Gasteiger partial charge in [0.25, 0.3) is 0 Å². The third-order valence-corrected chi connectivity index (χ3v) is 9.07. The molecule has 4 aliphatic carbocycles. The Hall–Kier alpha value is -3.28. The molecule has 1 aromatic heterocycles. The second-order valence-electron chi connectivity index (χ2n) is 12.1. The van der Waals surface area contributed by atoms with E-state index in [0.717, 1.165) is 59.9 Å². The van der Waals surface area contributed by atoms with Crippen molar-refractivity contribution >= 4 is 22.8 Å². The molecular formula is C31H38N4O2. The van der Waals surface area contributed by atoms with E-state index in [-0.39, 0.29) is 17.5 Å². The number of nitrogens with one attached hydrogen (secondary N) is 4. The van der Waals surface area contributed by atoms with Gasteiger partial charge in [-0.25, -0.2) is 4.79 Å². The molecule has 1 atom stereocenters. The average molecular weight is 499 g/mol. The van der Waals surface area contributed by atoms with Crippen molar-refractivity contribution in [2.24, 2.45) is 17.8 Å². The Labute approximate surface area is 219 Å². The molecule has 3 amide bonds. The predicted molar refractivity (Wildman–Crippen MR) is 146 cm³/mol. The number of fused-ring (bicyclic) bond motifs is 1. The lowest BCUT2D eigenvalue weighted by Crippen LogP contribution is -2.66. The number of carbonyl (C=O) groups is 2. The van der Waals surface area contributed by atoms with E-state index in [9.17, 15) is 9.59 Å². The van der Waals surface area contributed by atoms with Crippen molar-refractivity contribution in [2.45, 2.75) is 69.4 Å². The molecule has 0 saturated heterocycles. The SMILES string of the molecule is CC(Cc1c[nH]c2ccccc12)(NC(=O)NC12CC3CC(CC(C3)C1)C2)C(=O)NCCc1ccccc1. The molecule has 194 valence electrons. The number of H-pyrrole nitrogens is 1. The number of hydrogen-bond donors (Lipinski definition) is 4. The van der Waals surface area contributed by atoms with Crippen molar-refractivity contribution in [1.29, 1.82) is 0 Å². The van der Waals surface area contributed by atoms with Crippen LogP contribution in [0.4, 0.5) is 4.79 Å². The number of rotatable bonds is 8. The third-order valence-electron chi connectivity index (χ3n) is 9.07. The molecule has 4 N–H and O–H groups in total. The van der Waals surface area contributed by atoms with E-state index in [2.05, 4.69) is 39.1 Å². The summed E-state index contributed by atoms with van der Waals surface area (Å²) < 4.78 is 0. The first-order valence-electron chi connectivity index (χ1n) is 13.9. The summed E-state index contributed by atoms with van der Waals surface area (Å²) >= 11 is 0. The summed E-state index contributed by atoms with van der Waals surface area (Å²) in [5.74, 6) is 2.07. The molecule has 4 saturated carbocycles. The molecule has 6 nitrogen and oxygen atoms in total. The average Bonchev–Trinajstić information content (AvgIpc) is 3.25. The van der Waals surface area contributed by atoms with E-state index in [1.807, 2.05) is 49.5 Å². The van der Waals surface area contributed by atoms with Crippen molar-refractivity contribution in [3.8, 4) is 0 Å². The molecule has 6 heteroatoms. The van der Waals surface area contributed by atoms with Gasteiger partial charge in [0, 0.05) is 35.6 Å². The fourth-order valence-corrected chi connectivity index (χ4v) is 7.79. The number of hydrogen-bond acceptors (Lipinski definition) is 2. The number of aromatic nitrogens is 1. The predicted octanol–water partition coefficient (Wildman–Crippen LogP) is 5.10. The maximum atomic E-state index is 13.7. The van der Waals surface area contributed by atoms with Gasteiger partial charge in [0.2, 0.25) is 5.91 Å². The van der Waals surface area contributed by atoms with Crippen LogP contribution in [0.1, 0.15) is 56.6 Å². The molecule has 4 bridgehead atoms. The minimum atomic E-state index is -1.09. The molecule has 7 rings (SSSR count). The van der Waals surface area contributed by atoms with Crippen LogP contribution in [0.5, 0.6) is 0 Å². The first kappa shape index (κ1) is 24.1. The lowest BCUT2D eigenvalue weighted by atomic mass is 9.53. The Bertz CT molecular complexity index is 1250. The van der Waals surface area contributed by atoms with Crippen LogP contribution in [0.2, 0.25) is 0 Å². The Balaban J connectivity index is 1.19. The lowest BCUT2D eigenvalue weighted by molar-refractivity contribution is -0.126. The molecule has 37 heavy (non-hydrogen) atoms. The second kappa shape index (κ2) is 9.55. The van der Waals surface area contributed by atoms with E-state index in [0.29, 0.717) is 13.0 Å². The van der Waals surface area contributed by atoms with Gasteiger partial charge in [-0.05, 0) is 86.8 Å². The Morgan fingerprint density at radius 3 is 2.30 bits per heavy atom. The van der Waals surface area contributed by atoms with Gasteiger partial charge in [0.1, 0.15) is 5.54 Å². The summed E-state index contributed by atoms with van der Waals surface area (Å²) in [6.07, 6.45) is 10.3. The largest absolute Gasteiger partial charge is 0.361 e. The number of benzene rings is 2. The molecule has 0 spiro atoms. The molecule has 4 aliphatic rings. The summed E-state index contributed by atoms with van der Waals surface area (Å²) in [6, 6.07) is 18.0. The standard InChI is InChI=1S/C31H38N4O2/c1-30(19-25-20-33-27-10-6-5-9-26(25)27,28(36)32-12-11-21-7-3-2-4-8-21)34-29(37)35-31-16-22-13-23(17-31)15-24(14-22)18-31/h2-10,20,22-24,33H,11-19H2,1H3,(H,32,36)(H2,34,35,37). The monoisotopic (exact) mass is 498 g/mol. The van der Waals surface area contributed by atoms with E-state index in [4.69, 9.17) is 0 Å². The Morgan fingerprint density at radius 2 is 1.59 bits per heavy atom. The lowest BCUT2D eigenvalue weighted by Gasteiger charge is -2.56. The summed E-state index contributed by atoms with van der Waals surface area (Å²) in [7, 11) is 0. The highest BCUT2D eigenvalue weighted by molar-refractivity contribution is 5.92. The first-order valence-corrected chi connectivity index (χ1v) is 13.9. The van der Waals surface area contributed by atoms with Crippen LogP contribution >= 0.6 is 0 Å². The minimum Gasteiger partial charge on any atom is -0.361 e. The van der Waals surface area contributed by atoms with Gasteiger partial charge in [-0.15, -0.1) is 0 Å². The minimum absolute atomic E-state index is 0.107. The smallest absolute Gasteiger partial charge is 0.316 e. The fraction of sp³-hybridized carbons (Fsp3) is 0.484. The molecule has 1 heterocycles. The van der Waals surface area contributed by atoms with E-state index >= 15 is 0 Å². The first-order chi connectivity index (χ1) is 17.9. The van der Waals surface area contributed by atoms with Crippen molar-refractivity contribution in [1.82, 2.24) is 20.9 Å². The zero-order chi connectivity index (χ0) is 25.5. The van der Waals surface area contributed by atoms with Gasteiger partial charge in [-0.1, -0.05) is 48.5 Å². The number of para-hydroxylation sites is 1. The van der Waals surface area contributed by atoms with Gasteiger partial charge < -0.3 is 20.9 Å². The van der Waals surface area contributed by atoms with Crippen LogP contribution in [0.15, 0.2) is 60.8 Å². The quantitative estimate of drug-likeness (QED) is 0.348. The molecule has 1 unspecified atom stereocenters.